The van der Waals surface area contributed by atoms with Gasteiger partial charge in [0.1, 0.15) is 17.1 Å². The Morgan fingerprint density at radius 1 is 1.35 bits per heavy atom. The second-order valence-corrected chi connectivity index (χ2v) is 3.91. The number of benzene rings is 1. The molecule has 0 spiro atoms. The van der Waals surface area contributed by atoms with E-state index in [2.05, 4.69) is 5.32 Å². The zero-order chi connectivity index (χ0) is 12.8. The van der Waals surface area contributed by atoms with Crippen molar-refractivity contribution in [2.75, 3.05) is 6.61 Å². The maximum atomic E-state index is 11.8. The van der Waals surface area contributed by atoms with Gasteiger partial charge in [-0.25, -0.2) is 0 Å². The van der Waals surface area contributed by atoms with Gasteiger partial charge < -0.3 is 20.6 Å². The molecule has 5 heteroatoms. The maximum absolute atomic E-state index is 11.8. The third kappa shape index (κ3) is 3.64. The van der Waals surface area contributed by atoms with Crippen molar-refractivity contribution in [2.45, 2.75) is 25.8 Å². The predicted octanol–water partition coefficient (Wildman–Crippen LogP) is 0.989. The van der Waals surface area contributed by atoms with E-state index in [4.69, 9.17) is 5.11 Å². The molecular formula is C12H17NO4. The van der Waals surface area contributed by atoms with Crippen molar-refractivity contribution >= 4 is 5.91 Å². The van der Waals surface area contributed by atoms with Gasteiger partial charge in [0.2, 0.25) is 0 Å². The van der Waals surface area contributed by atoms with Crippen LogP contribution in [0.4, 0.5) is 0 Å². The van der Waals surface area contributed by atoms with Crippen LogP contribution < -0.4 is 5.32 Å². The van der Waals surface area contributed by atoms with Crippen LogP contribution in [-0.4, -0.2) is 33.9 Å². The molecule has 1 aromatic carbocycles. The summed E-state index contributed by atoms with van der Waals surface area (Å²) in [5.41, 5.74) is -0.122. The molecule has 5 nitrogen and oxygen atoms in total. The molecule has 0 aliphatic heterocycles. The first-order valence-electron chi connectivity index (χ1n) is 5.49. The number of carbonyl (C=O) groups is 1. The van der Waals surface area contributed by atoms with Gasteiger partial charge in [-0.15, -0.1) is 0 Å². The first kappa shape index (κ1) is 13.3. The number of hydrogen-bond acceptors (Lipinski definition) is 4. The molecule has 1 unspecified atom stereocenters. The summed E-state index contributed by atoms with van der Waals surface area (Å²) in [6, 6.07) is 4.00. The lowest BCUT2D eigenvalue weighted by Gasteiger charge is -2.14. The van der Waals surface area contributed by atoms with Crippen LogP contribution in [0.3, 0.4) is 0 Å². The normalized spacial score (nSPS) is 12.1. The van der Waals surface area contributed by atoms with Gasteiger partial charge in [0.25, 0.3) is 5.91 Å². The molecule has 0 heterocycles. The van der Waals surface area contributed by atoms with E-state index in [9.17, 15) is 15.0 Å². The number of amides is 1. The van der Waals surface area contributed by atoms with Gasteiger partial charge in [-0.2, -0.15) is 0 Å². The molecule has 1 aromatic rings. The van der Waals surface area contributed by atoms with Gasteiger partial charge in [-0.05, 0) is 31.9 Å². The first-order chi connectivity index (χ1) is 8.06. The van der Waals surface area contributed by atoms with Crippen LogP contribution in [0.5, 0.6) is 11.5 Å². The predicted molar refractivity (Wildman–Crippen MR) is 63.0 cm³/mol. The summed E-state index contributed by atoms with van der Waals surface area (Å²) < 4.78 is 0. The third-order valence-electron chi connectivity index (χ3n) is 2.42. The van der Waals surface area contributed by atoms with Crippen LogP contribution >= 0.6 is 0 Å². The minimum absolute atomic E-state index is 0.0715. The highest BCUT2D eigenvalue weighted by Crippen LogP contribution is 2.26. The molecule has 0 radical (unpaired) electrons. The topological polar surface area (TPSA) is 89.8 Å². The second kappa shape index (κ2) is 6.10. The average molecular weight is 239 g/mol. The Bertz CT molecular complexity index is 372. The quantitative estimate of drug-likeness (QED) is 0.616. The Hall–Kier alpha value is -1.75. The minimum Gasteiger partial charge on any atom is -0.507 e. The average Bonchev–Trinajstić information content (AvgIpc) is 2.26. The van der Waals surface area contributed by atoms with E-state index in [0.29, 0.717) is 12.8 Å². The number of hydrogen-bond donors (Lipinski definition) is 4. The number of nitrogens with one attached hydrogen (secondary N) is 1. The highest BCUT2D eigenvalue weighted by molar-refractivity contribution is 5.99. The molecular weight excluding hydrogens is 222 g/mol. The highest BCUT2D eigenvalue weighted by Gasteiger charge is 2.17. The Labute approximate surface area is 99.7 Å². The van der Waals surface area contributed by atoms with Gasteiger partial charge in [-0.1, -0.05) is 6.07 Å². The molecule has 17 heavy (non-hydrogen) atoms. The molecule has 1 amide bonds. The number of phenolic OH excluding ortho intramolecular Hbond substituents is 2. The molecule has 0 bridgehead atoms. The van der Waals surface area contributed by atoms with Crippen LogP contribution in [0.1, 0.15) is 30.1 Å². The summed E-state index contributed by atoms with van der Waals surface area (Å²) in [6.07, 6.45) is 1.23. The highest BCUT2D eigenvalue weighted by atomic mass is 16.3. The van der Waals surface area contributed by atoms with Crippen molar-refractivity contribution in [2.24, 2.45) is 0 Å². The number of aliphatic hydroxyl groups is 1. The monoisotopic (exact) mass is 239 g/mol. The van der Waals surface area contributed by atoms with Crippen LogP contribution in [-0.2, 0) is 0 Å². The van der Waals surface area contributed by atoms with Gasteiger partial charge in [0, 0.05) is 12.6 Å². The SMILES string of the molecule is CC(CCCO)NC(=O)c1c(O)cccc1O. The van der Waals surface area contributed by atoms with E-state index in [0.717, 1.165) is 0 Å². The minimum atomic E-state index is -0.522. The number of aromatic hydroxyl groups is 2. The number of carbonyl (C=O) groups excluding carboxylic acids is 1. The Balaban J connectivity index is 2.70. The molecule has 4 N–H and O–H groups in total. The lowest BCUT2D eigenvalue weighted by atomic mass is 10.1. The Morgan fingerprint density at radius 2 is 1.94 bits per heavy atom. The summed E-state index contributed by atoms with van der Waals surface area (Å²) in [4.78, 5) is 11.8. The molecule has 0 saturated carbocycles. The lowest BCUT2D eigenvalue weighted by Crippen LogP contribution is -2.32. The van der Waals surface area contributed by atoms with Crippen LogP contribution in [0, 0.1) is 0 Å². The molecule has 1 rings (SSSR count). The molecule has 94 valence electrons. The summed E-state index contributed by atoms with van der Waals surface area (Å²) in [5, 5.41) is 30.3. The van der Waals surface area contributed by atoms with E-state index < -0.39 is 5.91 Å². The second-order valence-electron chi connectivity index (χ2n) is 3.91. The fourth-order valence-corrected chi connectivity index (χ4v) is 1.53. The molecule has 0 aliphatic carbocycles. The van der Waals surface area contributed by atoms with Crippen molar-refractivity contribution in [1.29, 1.82) is 0 Å². The molecule has 0 fully saturated rings. The molecule has 0 aliphatic rings. The van der Waals surface area contributed by atoms with E-state index in [1.165, 1.54) is 18.2 Å². The molecule has 0 aromatic heterocycles. The van der Waals surface area contributed by atoms with Crippen LogP contribution in [0.15, 0.2) is 18.2 Å². The Morgan fingerprint density at radius 3 is 2.47 bits per heavy atom. The van der Waals surface area contributed by atoms with E-state index >= 15 is 0 Å². The smallest absolute Gasteiger partial charge is 0.259 e. The van der Waals surface area contributed by atoms with Crippen molar-refractivity contribution in [1.82, 2.24) is 5.32 Å². The van der Waals surface area contributed by atoms with Crippen molar-refractivity contribution in [3.8, 4) is 11.5 Å². The standard InChI is InChI=1S/C12H17NO4/c1-8(4-3-7-14)13-12(17)11-9(15)5-2-6-10(11)16/h2,5-6,8,14-16H,3-4,7H2,1H3,(H,13,17). The Kier molecular flexibility index (Phi) is 4.78. The number of aliphatic hydroxyl groups excluding tert-OH is 1. The van der Waals surface area contributed by atoms with Gasteiger partial charge >= 0.3 is 0 Å². The van der Waals surface area contributed by atoms with Crippen LogP contribution in [0.25, 0.3) is 0 Å². The van der Waals surface area contributed by atoms with Crippen molar-refractivity contribution < 1.29 is 20.1 Å². The third-order valence-corrected chi connectivity index (χ3v) is 2.42. The fraction of sp³-hybridized carbons (Fsp3) is 0.417. The molecule has 0 saturated heterocycles. The summed E-state index contributed by atoms with van der Waals surface area (Å²) in [6.45, 7) is 1.87. The zero-order valence-electron chi connectivity index (χ0n) is 9.68. The van der Waals surface area contributed by atoms with Crippen LogP contribution in [0.2, 0.25) is 0 Å². The zero-order valence-corrected chi connectivity index (χ0v) is 9.68. The number of rotatable bonds is 5. The first-order valence-corrected chi connectivity index (χ1v) is 5.49. The lowest BCUT2D eigenvalue weighted by molar-refractivity contribution is 0.0931. The largest absolute Gasteiger partial charge is 0.507 e. The number of phenols is 2. The van der Waals surface area contributed by atoms with Crippen molar-refractivity contribution in [3.63, 3.8) is 0 Å². The van der Waals surface area contributed by atoms with Gasteiger partial charge in [0.15, 0.2) is 0 Å². The van der Waals surface area contributed by atoms with Gasteiger partial charge in [-0.3, -0.25) is 4.79 Å². The molecule has 1 atom stereocenters. The fourth-order valence-electron chi connectivity index (χ4n) is 1.53. The maximum Gasteiger partial charge on any atom is 0.259 e. The van der Waals surface area contributed by atoms with E-state index in [1.807, 2.05) is 0 Å². The van der Waals surface area contributed by atoms with E-state index in [1.54, 1.807) is 6.92 Å². The van der Waals surface area contributed by atoms with E-state index in [-0.39, 0.29) is 29.7 Å². The summed E-state index contributed by atoms with van der Waals surface area (Å²) >= 11 is 0. The summed E-state index contributed by atoms with van der Waals surface area (Å²) in [5.74, 6) is -1.03. The van der Waals surface area contributed by atoms with Gasteiger partial charge in [0.05, 0.1) is 0 Å². The summed E-state index contributed by atoms with van der Waals surface area (Å²) in [7, 11) is 0. The van der Waals surface area contributed by atoms with Crippen molar-refractivity contribution in [3.05, 3.63) is 23.8 Å².